The van der Waals surface area contributed by atoms with Crippen LogP contribution in [0.25, 0.3) is 0 Å². The standard InChI is InChI=1S/C13H25NO2/c1-5-13(6-2,12(15)16)14-8-7-10(3)9-11(14)4/h10-11H,5-9H2,1-4H3,(H,15,16). The minimum atomic E-state index is -0.654. The molecule has 0 aromatic heterocycles. The highest BCUT2D eigenvalue weighted by atomic mass is 16.4. The molecule has 0 radical (unpaired) electrons. The van der Waals surface area contributed by atoms with E-state index in [1.54, 1.807) is 0 Å². The molecule has 0 aliphatic carbocycles. The highest BCUT2D eigenvalue weighted by molar-refractivity contribution is 5.78. The third kappa shape index (κ3) is 2.24. The van der Waals surface area contributed by atoms with E-state index < -0.39 is 11.5 Å². The largest absolute Gasteiger partial charge is 0.480 e. The molecule has 3 heteroatoms. The quantitative estimate of drug-likeness (QED) is 0.803. The maximum atomic E-state index is 11.6. The van der Waals surface area contributed by atoms with Crippen LogP contribution in [0.3, 0.4) is 0 Å². The van der Waals surface area contributed by atoms with E-state index in [9.17, 15) is 9.90 Å². The van der Waals surface area contributed by atoms with Crippen LogP contribution in [0.15, 0.2) is 0 Å². The van der Waals surface area contributed by atoms with Crippen LogP contribution in [0, 0.1) is 5.92 Å². The maximum Gasteiger partial charge on any atom is 0.324 e. The van der Waals surface area contributed by atoms with Crippen molar-refractivity contribution in [3.05, 3.63) is 0 Å². The number of aliphatic carboxylic acids is 1. The average molecular weight is 227 g/mol. The van der Waals surface area contributed by atoms with Gasteiger partial charge in [-0.25, -0.2) is 0 Å². The van der Waals surface area contributed by atoms with Gasteiger partial charge in [-0.2, -0.15) is 0 Å². The van der Waals surface area contributed by atoms with Crippen LogP contribution in [0.5, 0.6) is 0 Å². The van der Waals surface area contributed by atoms with Gasteiger partial charge in [-0.05, 0) is 45.1 Å². The lowest BCUT2D eigenvalue weighted by molar-refractivity contribution is -0.156. The van der Waals surface area contributed by atoms with Gasteiger partial charge in [-0.15, -0.1) is 0 Å². The Morgan fingerprint density at radius 2 is 1.94 bits per heavy atom. The van der Waals surface area contributed by atoms with Crippen molar-refractivity contribution in [1.29, 1.82) is 0 Å². The summed E-state index contributed by atoms with van der Waals surface area (Å²) in [6, 6.07) is 0.389. The molecule has 1 saturated heterocycles. The molecule has 1 aliphatic rings. The molecule has 16 heavy (non-hydrogen) atoms. The van der Waals surface area contributed by atoms with Crippen molar-refractivity contribution in [1.82, 2.24) is 4.90 Å². The molecule has 3 nitrogen and oxygen atoms in total. The van der Waals surface area contributed by atoms with Crippen molar-refractivity contribution in [2.45, 2.75) is 65.0 Å². The predicted molar refractivity (Wildman–Crippen MR) is 65.5 cm³/mol. The molecule has 0 spiro atoms. The number of carboxylic acid groups (broad SMARTS) is 1. The SMILES string of the molecule is CCC(CC)(C(=O)O)N1CCC(C)CC1C. The van der Waals surface area contributed by atoms with Gasteiger partial charge in [0.1, 0.15) is 5.54 Å². The normalized spacial score (nSPS) is 28.0. The van der Waals surface area contributed by atoms with Gasteiger partial charge in [0.05, 0.1) is 0 Å². The van der Waals surface area contributed by atoms with Gasteiger partial charge in [0.15, 0.2) is 0 Å². The fourth-order valence-corrected chi connectivity index (χ4v) is 3.12. The molecule has 1 heterocycles. The van der Waals surface area contributed by atoms with Gasteiger partial charge in [-0.3, -0.25) is 9.69 Å². The Kier molecular flexibility index (Phi) is 4.36. The molecule has 0 aromatic carbocycles. The van der Waals surface area contributed by atoms with Crippen LogP contribution in [-0.4, -0.2) is 34.1 Å². The Bertz CT molecular complexity index is 248. The van der Waals surface area contributed by atoms with Crippen LogP contribution >= 0.6 is 0 Å². The molecule has 0 bridgehead atoms. The molecular formula is C13H25NO2. The second-order valence-corrected chi connectivity index (χ2v) is 5.22. The van der Waals surface area contributed by atoms with Crippen molar-refractivity contribution in [2.75, 3.05) is 6.54 Å². The molecule has 1 N–H and O–H groups in total. The Morgan fingerprint density at radius 3 is 2.31 bits per heavy atom. The van der Waals surface area contributed by atoms with Crippen molar-refractivity contribution >= 4 is 5.97 Å². The molecular weight excluding hydrogens is 202 g/mol. The average Bonchev–Trinajstić information content (AvgIpc) is 2.22. The second kappa shape index (κ2) is 5.17. The summed E-state index contributed by atoms with van der Waals surface area (Å²) in [5.74, 6) is 0.0744. The molecule has 0 aromatic rings. The van der Waals surface area contributed by atoms with Gasteiger partial charge in [0.2, 0.25) is 0 Å². The number of hydrogen-bond donors (Lipinski definition) is 1. The van der Waals surface area contributed by atoms with Gasteiger partial charge >= 0.3 is 5.97 Å². The number of piperidine rings is 1. The van der Waals surface area contributed by atoms with E-state index in [0.717, 1.165) is 25.3 Å². The van der Waals surface area contributed by atoms with Crippen molar-refractivity contribution in [3.63, 3.8) is 0 Å². The number of rotatable bonds is 4. The number of nitrogens with zero attached hydrogens (tertiary/aromatic N) is 1. The van der Waals surface area contributed by atoms with Crippen molar-refractivity contribution < 1.29 is 9.90 Å². The smallest absolute Gasteiger partial charge is 0.324 e. The molecule has 2 atom stereocenters. The summed E-state index contributed by atoms with van der Waals surface area (Å²) in [5.41, 5.74) is -0.639. The zero-order chi connectivity index (χ0) is 12.3. The lowest BCUT2D eigenvalue weighted by atomic mass is 9.83. The summed E-state index contributed by atoms with van der Waals surface area (Å²) in [7, 11) is 0. The first-order valence-corrected chi connectivity index (χ1v) is 6.48. The van der Waals surface area contributed by atoms with Crippen molar-refractivity contribution in [3.8, 4) is 0 Å². The molecule has 1 aliphatic heterocycles. The number of carbonyl (C=O) groups is 1. The van der Waals surface area contributed by atoms with Gasteiger partial charge in [-0.1, -0.05) is 20.8 Å². The lowest BCUT2D eigenvalue weighted by Crippen LogP contribution is -2.59. The van der Waals surface area contributed by atoms with E-state index in [0.29, 0.717) is 18.9 Å². The topological polar surface area (TPSA) is 40.5 Å². The second-order valence-electron chi connectivity index (χ2n) is 5.22. The van der Waals surface area contributed by atoms with Gasteiger partial charge in [0, 0.05) is 6.04 Å². The monoisotopic (exact) mass is 227 g/mol. The number of hydrogen-bond acceptors (Lipinski definition) is 2. The maximum absolute atomic E-state index is 11.6. The predicted octanol–water partition coefficient (Wildman–Crippen LogP) is 2.75. The molecule has 1 rings (SSSR count). The van der Waals surface area contributed by atoms with E-state index in [1.807, 2.05) is 13.8 Å². The summed E-state index contributed by atoms with van der Waals surface area (Å²) in [4.78, 5) is 13.8. The molecule has 0 amide bonds. The van der Waals surface area contributed by atoms with Gasteiger partial charge < -0.3 is 5.11 Å². The Labute approximate surface area is 98.8 Å². The van der Waals surface area contributed by atoms with E-state index in [4.69, 9.17) is 0 Å². The molecule has 0 saturated carbocycles. The summed E-state index contributed by atoms with van der Waals surface area (Å²) < 4.78 is 0. The fraction of sp³-hybridized carbons (Fsp3) is 0.923. The minimum Gasteiger partial charge on any atom is -0.480 e. The Hall–Kier alpha value is -0.570. The zero-order valence-electron chi connectivity index (χ0n) is 11.0. The fourth-order valence-electron chi connectivity index (χ4n) is 3.12. The van der Waals surface area contributed by atoms with Crippen LogP contribution in [0.4, 0.5) is 0 Å². The Balaban J connectivity index is 2.90. The van der Waals surface area contributed by atoms with Crippen LogP contribution in [0.1, 0.15) is 53.4 Å². The van der Waals surface area contributed by atoms with E-state index >= 15 is 0 Å². The minimum absolute atomic E-state index is 0.389. The first kappa shape index (κ1) is 13.5. The van der Waals surface area contributed by atoms with Crippen LogP contribution in [-0.2, 0) is 4.79 Å². The first-order valence-electron chi connectivity index (χ1n) is 6.48. The van der Waals surface area contributed by atoms with Crippen LogP contribution in [0.2, 0.25) is 0 Å². The highest BCUT2D eigenvalue weighted by Gasteiger charge is 2.44. The Morgan fingerprint density at radius 1 is 1.38 bits per heavy atom. The highest BCUT2D eigenvalue weighted by Crippen LogP contribution is 2.33. The number of likely N-dealkylation sites (tertiary alicyclic amines) is 1. The third-order valence-corrected chi connectivity index (χ3v) is 4.26. The summed E-state index contributed by atoms with van der Waals surface area (Å²) >= 11 is 0. The lowest BCUT2D eigenvalue weighted by Gasteiger charge is -2.47. The van der Waals surface area contributed by atoms with Crippen molar-refractivity contribution in [2.24, 2.45) is 5.92 Å². The summed E-state index contributed by atoms with van der Waals surface area (Å²) in [6.07, 6.45) is 3.63. The molecule has 94 valence electrons. The number of carboxylic acids is 1. The third-order valence-electron chi connectivity index (χ3n) is 4.26. The van der Waals surface area contributed by atoms with E-state index in [2.05, 4.69) is 18.7 Å². The van der Waals surface area contributed by atoms with E-state index in [1.165, 1.54) is 0 Å². The molecule has 2 unspecified atom stereocenters. The summed E-state index contributed by atoms with van der Waals surface area (Å²) in [5, 5.41) is 9.52. The van der Waals surface area contributed by atoms with Gasteiger partial charge in [0.25, 0.3) is 0 Å². The first-order chi connectivity index (χ1) is 7.47. The summed E-state index contributed by atoms with van der Waals surface area (Å²) in [6.45, 7) is 9.33. The van der Waals surface area contributed by atoms with E-state index in [-0.39, 0.29) is 0 Å². The van der Waals surface area contributed by atoms with Crippen LogP contribution < -0.4 is 0 Å². The zero-order valence-corrected chi connectivity index (χ0v) is 11.0. The molecule has 1 fully saturated rings.